The minimum Gasteiger partial charge on any atom is -0.396 e. The molecule has 1 unspecified atom stereocenters. The van der Waals surface area contributed by atoms with E-state index in [2.05, 4.69) is 0 Å². The van der Waals surface area contributed by atoms with Crippen LogP contribution in [0.3, 0.4) is 0 Å². The van der Waals surface area contributed by atoms with Gasteiger partial charge in [0.15, 0.2) is 0 Å². The van der Waals surface area contributed by atoms with Crippen molar-refractivity contribution in [2.75, 3.05) is 6.61 Å². The van der Waals surface area contributed by atoms with Crippen LogP contribution in [0.15, 0.2) is 0 Å². The van der Waals surface area contributed by atoms with E-state index < -0.39 is 0 Å². The fraction of sp³-hybridized carbons (Fsp3) is 1.00. The highest BCUT2D eigenvalue weighted by molar-refractivity contribution is 5.85. The molecule has 3 N–H and O–H groups in total. The molecule has 54 valence electrons. The van der Waals surface area contributed by atoms with Crippen LogP contribution in [0.1, 0.15) is 12.8 Å². The third-order valence-electron chi connectivity index (χ3n) is 2.79. The van der Waals surface area contributed by atoms with Crippen molar-refractivity contribution in [3.05, 3.63) is 0 Å². The second-order valence-electron chi connectivity index (χ2n) is 3.19. The summed E-state index contributed by atoms with van der Waals surface area (Å²) in [6, 6.07) is 0. The molecule has 0 radical (unpaired) electrons. The van der Waals surface area contributed by atoms with Gasteiger partial charge in [0, 0.05) is 18.1 Å². The van der Waals surface area contributed by atoms with Gasteiger partial charge in [0.25, 0.3) is 0 Å². The first kappa shape index (κ1) is 7.32. The lowest BCUT2D eigenvalue weighted by Gasteiger charge is -2.66. The molecule has 0 aromatic rings. The molecule has 0 heterocycles. The van der Waals surface area contributed by atoms with Gasteiger partial charge in [-0.2, -0.15) is 0 Å². The van der Waals surface area contributed by atoms with Gasteiger partial charge in [0.1, 0.15) is 0 Å². The van der Waals surface area contributed by atoms with E-state index in [0.717, 1.165) is 18.8 Å². The molecule has 0 aliphatic heterocycles. The van der Waals surface area contributed by atoms with Crippen molar-refractivity contribution in [3.8, 4) is 0 Å². The van der Waals surface area contributed by atoms with Crippen LogP contribution in [0.25, 0.3) is 0 Å². The van der Waals surface area contributed by atoms with Crippen LogP contribution in [-0.4, -0.2) is 17.3 Å². The topological polar surface area (TPSA) is 46.2 Å². The highest BCUT2D eigenvalue weighted by Crippen LogP contribution is 2.59. The zero-order valence-corrected chi connectivity index (χ0v) is 6.03. The number of hydrogen-bond acceptors (Lipinski definition) is 2. The zero-order valence-electron chi connectivity index (χ0n) is 5.21. The monoisotopic (exact) mass is 149 g/mol. The second kappa shape index (κ2) is 1.84. The fourth-order valence-electron chi connectivity index (χ4n) is 1.98. The Morgan fingerprint density at radius 3 is 2.11 bits per heavy atom. The predicted molar refractivity (Wildman–Crippen MR) is 37.5 cm³/mol. The average Bonchev–Trinajstić information content (AvgIpc) is 1.62. The summed E-state index contributed by atoms with van der Waals surface area (Å²) in [5, 5.41) is 8.67. The molecule has 0 spiro atoms. The van der Waals surface area contributed by atoms with Crippen molar-refractivity contribution >= 4 is 12.4 Å². The summed E-state index contributed by atoms with van der Waals surface area (Å²) in [6.45, 7) is 0.307. The van der Waals surface area contributed by atoms with Crippen LogP contribution in [0, 0.1) is 11.8 Å². The molecule has 0 aromatic heterocycles. The highest BCUT2D eigenvalue weighted by atomic mass is 35.5. The minimum absolute atomic E-state index is 0. The van der Waals surface area contributed by atoms with Gasteiger partial charge >= 0.3 is 0 Å². The van der Waals surface area contributed by atoms with E-state index in [1.54, 1.807) is 0 Å². The smallest absolute Gasteiger partial charge is 0.0479 e. The van der Waals surface area contributed by atoms with Crippen molar-refractivity contribution in [3.63, 3.8) is 0 Å². The van der Waals surface area contributed by atoms with Crippen molar-refractivity contribution in [1.29, 1.82) is 0 Å². The maximum Gasteiger partial charge on any atom is 0.0479 e. The second-order valence-corrected chi connectivity index (χ2v) is 3.19. The predicted octanol–water partition coefficient (Wildman–Crippen LogP) is 0.138. The maximum atomic E-state index is 8.67. The molecule has 3 saturated carbocycles. The maximum absolute atomic E-state index is 8.67. The summed E-state index contributed by atoms with van der Waals surface area (Å²) in [5.74, 6) is 1.24. The Bertz CT molecular complexity index is 122. The average molecular weight is 150 g/mol. The molecule has 1 atom stereocenters. The van der Waals surface area contributed by atoms with E-state index in [4.69, 9.17) is 10.8 Å². The number of halogens is 1. The van der Waals surface area contributed by atoms with Crippen LogP contribution >= 0.6 is 12.4 Å². The van der Waals surface area contributed by atoms with Crippen LogP contribution < -0.4 is 5.73 Å². The van der Waals surface area contributed by atoms with Gasteiger partial charge in [0.05, 0.1) is 0 Å². The van der Waals surface area contributed by atoms with Gasteiger partial charge in [-0.05, 0) is 18.8 Å². The van der Waals surface area contributed by atoms with Crippen LogP contribution in [0.2, 0.25) is 0 Å². The highest BCUT2D eigenvalue weighted by Gasteiger charge is 2.62. The quantitative estimate of drug-likeness (QED) is 0.557. The summed E-state index contributed by atoms with van der Waals surface area (Å²) < 4.78 is 0. The van der Waals surface area contributed by atoms with E-state index >= 15 is 0 Å². The van der Waals surface area contributed by atoms with E-state index in [0.29, 0.717) is 12.5 Å². The standard InChI is InChI=1S/C6H11NO.ClH/c7-6-1-4(2-6)5(6)3-8;/h4-5,8H,1-3,7H2;1H. The fourth-order valence-corrected chi connectivity index (χ4v) is 1.98. The Morgan fingerprint density at radius 1 is 1.56 bits per heavy atom. The minimum atomic E-state index is 0. The number of aliphatic hydroxyl groups is 1. The van der Waals surface area contributed by atoms with Gasteiger partial charge in [0.2, 0.25) is 0 Å². The molecular formula is C6H12ClNO. The van der Waals surface area contributed by atoms with Gasteiger partial charge in [-0.25, -0.2) is 0 Å². The summed E-state index contributed by atoms with van der Waals surface area (Å²) in [7, 11) is 0. The van der Waals surface area contributed by atoms with Gasteiger partial charge in [-0.3, -0.25) is 0 Å². The van der Waals surface area contributed by atoms with Crippen molar-refractivity contribution in [2.45, 2.75) is 18.4 Å². The molecule has 3 fully saturated rings. The Balaban J connectivity index is 0.000000405. The number of rotatable bonds is 1. The van der Waals surface area contributed by atoms with Crippen LogP contribution in [0.5, 0.6) is 0 Å². The molecule has 0 saturated heterocycles. The first-order valence-electron chi connectivity index (χ1n) is 3.16. The summed E-state index contributed by atoms with van der Waals surface area (Å²) in [4.78, 5) is 0. The number of aliphatic hydroxyl groups excluding tert-OH is 1. The number of hydrogen-bond donors (Lipinski definition) is 2. The van der Waals surface area contributed by atoms with Crippen molar-refractivity contribution in [1.82, 2.24) is 0 Å². The van der Waals surface area contributed by atoms with Gasteiger partial charge < -0.3 is 10.8 Å². The SMILES string of the molecule is Cl.NC12CC(C1)C2CO. The lowest BCUT2D eigenvalue weighted by atomic mass is 9.43. The summed E-state index contributed by atoms with van der Waals surface area (Å²) in [5.41, 5.74) is 5.87. The lowest BCUT2D eigenvalue weighted by Crippen LogP contribution is -2.73. The Kier molecular flexibility index (Phi) is 1.50. The molecule has 2 bridgehead atoms. The van der Waals surface area contributed by atoms with Crippen molar-refractivity contribution < 1.29 is 5.11 Å². The number of nitrogens with two attached hydrogens (primary N) is 1. The zero-order chi connectivity index (χ0) is 5.78. The Labute approximate surface area is 60.8 Å². The molecule has 2 nitrogen and oxygen atoms in total. The van der Waals surface area contributed by atoms with Crippen LogP contribution in [0.4, 0.5) is 0 Å². The lowest BCUT2D eigenvalue weighted by molar-refractivity contribution is -0.132. The molecule has 3 aliphatic carbocycles. The summed E-state index contributed by atoms with van der Waals surface area (Å²) >= 11 is 0. The van der Waals surface area contributed by atoms with Crippen molar-refractivity contribution in [2.24, 2.45) is 17.6 Å². The van der Waals surface area contributed by atoms with E-state index in [1.807, 2.05) is 0 Å². The Morgan fingerprint density at radius 2 is 2.11 bits per heavy atom. The van der Waals surface area contributed by atoms with E-state index in [9.17, 15) is 0 Å². The summed E-state index contributed by atoms with van der Waals surface area (Å²) in [6.07, 6.45) is 2.33. The third kappa shape index (κ3) is 0.642. The van der Waals surface area contributed by atoms with E-state index in [1.165, 1.54) is 0 Å². The molecule has 0 aromatic carbocycles. The molecular weight excluding hydrogens is 138 g/mol. The van der Waals surface area contributed by atoms with Gasteiger partial charge in [-0.1, -0.05) is 0 Å². The Hall–Kier alpha value is 0.210. The van der Waals surface area contributed by atoms with Gasteiger partial charge in [-0.15, -0.1) is 12.4 Å². The largest absolute Gasteiger partial charge is 0.396 e. The van der Waals surface area contributed by atoms with Crippen LogP contribution in [-0.2, 0) is 0 Å². The molecule has 0 amide bonds. The van der Waals surface area contributed by atoms with E-state index in [-0.39, 0.29) is 17.9 Å². The third-order valence-corrected chi connectivity index (χ3v) is 2.79. The molecule has 9 heavy (non-hydrogen) atoms. The first-order chi connectivity index (χ1) is 3.76. The first-order valence-corrected chi connectivity index (χ1v) is 3.16. The molecule has 3 heteroatoms. The normalized spacial score (nSPS) is 52.7. The molecule has 3 rings (SSSR count). The molecule has 3 aliphatic rings.